The van der Waals surface area contributed by atoms with Crippen molar-refractivity contribution in [1.29, 1.82) is 0 Å². The van der Waals surface area contributed by atoms with Crippen LogP contribution >= 0.6 is 0 Å². The van der Waals surface area contributed by atoms with Gasteiger partial charge in [-0.25, -0.2) is 0 Å². The highest BCUT2D eigenvalue weighted by atomic mass is 16.6. The van der Waals surface area contributed by atoms with Crippen molar-refractivity contribution in [2.45, 2.75) is 45.3 Å². The van der Waals surface area contributed by atoms with Gasteiger partial charge in [-0.1, -0.05) is 12.1 Å². The van der Waals surface area contributed by atoms with E-state index < -0.39 is 22.5 Å². The molecule has 0 saturated carbocycles. The third-order valence-electron chi connectivity index (χ3n) is 2.60. The second-order valence-corrected chi connectivity index (χ2v) is 5.60. The second-order valence-electron chi connectivity index (χ2n) is 5.60. The van der Waals surface area contributed by atoms with Gasteiger partial charge in [-0.3, -0.25) is 14.9 Å². The summed E-state index contributed by atoms with van der Waals surface area (Å²) >= 11 is 0. The Bertz CT molecular complexity index is 477. The molecule has 0 bridgehead atoms. The van der Waals surface area contributed by atoms with Crippen LogP contribution in [0.15, 0.2) is 24.3 Å². The molecule has 1 aromatic rings. The molecule has 0 aliphatic rings. The quantitative estimate of drug-likeness (QED) is 0.506. The zero-order valence-electron chi connectivity index (χ0n) is 12.0. The molecular weight excluding hydrogens is 260 g/mol. The number of nitrogens with two attached hydrogens (primary N) is 1. The zero-order valence-corrected chi connectivity index (χ0v) is 12.0. The Hall–Kier alpha value is -1.95. The first-order valence-corrected chi connectivity index (χ1v) is 6.41. The molecule has 0 aromatic heterocycles. The Morgan fingerprint density at radius 2 is 1.90 bits per heavy atom. The fraction of sp³-hybridized carbons (Fsp3) is 0.500. The van der Waals surface area contributed by atoms with E-state index in [4.69, 9.17) is 10.5 Å². The maximum atomic E-state index is 11.7. The van der Waals surface area contributed by atoms with E-state index in [1.165, 1.54) is 12.1 Å². The van der Waals surface area contributed by atoms with E-state index in [1.807, 2.05) is 0 Å². The summed E-state index contributed by atoms with van der Waals surface area (Å²) in [5.74, 6) is -0.431. The Kier molecular flexibility index (Phi) is 5.21. The number of benzene rings is 1. The maximum absolute atomic E-state index is 11.7. The third kappa shape index (κ3) is 5.36. The molecule has 1 atom stereocenters. The van der Waals surface area contributed by atoms with Gasteiger partial charge in [-0.2, -0.15) is 0 Å². The van der Waals surface area contributed by atoms with Crippen molar-refractivity contribution < 1.29 is 14.5 Å². The number of rotatable bonds is 5. The molecule has 0 amide bonds. The fourth-order valence-electron chi connectivity index (χ4n) is 1.60. The number of nitro groups is 1. The van der Waals surface area contributed by atoms with E-state index in [-0.39, 0.29) is 5.69 Å². The van der Waals surface area contributed by atoms with Crippen molar-refractivity contribution in [3.8, 4) is 0 Å². The van der Waals surface area contributed by atoms with Gasteiger partial charge < -0.3 is 10.5 Å². The normalized spacial score (nSPS) is 12.8. The number of ether oxygens (including phenoxy) is 1. The lowest BCUT2D eigenvalue weighted by Gasteiger charge is -2.22. The number of nitrogens with zero attached hydrogens (tertiary/aromatic N) is 1. The Labute approximate surface area is 118 Å². The molecule has 0 spiro atoms. The van der Waals surface area contributed by atoms with Crippen LogP contribution in [0.1, 0.15) is 32.8 Å². The minimum atomic E-state index is -0.690. The lowest BCUT2D eigenvalue weighted by molar-refractivity contribution is -0.384. The summed E-state index contributed by atoms with van der Waals surface area (Å²) in [6.45, 7) is 5.36. The molecule has 6 nitrogen and oxygen atoms in total. The molecule has 0 aliphatic carbocycles. The molecular formula is C14H20N2O4. The maximum Gasteiger partial charge on any atom is 0.323 e. The Morgan fingerprint density at radius 1 is 1.35 bits per heavy atom. The molecule has 0 fully saturated rings. The van der Waals surface area contributed by atoms with Crippen LogP contribution in [0.2, 0.25) is 0 Å². The zero-order chi connectivity index (χ0) is 15.3. The van der Waals surface area contributed by atoms with Crippen molar-refractivity contribution in [1.82, 2.24) is 0 Å². The molecule has 6 heteroatoms. The van der Waals surface area contributed by atoms with Crippen molar-refractivity contribution in [3.05, 3.63) is 39.9 Å². The van der Waals surface area contributed by atoms with Gasteiger partial charge in [0.05, 0.1) is 4.92 Å². The van der Waals surface area contributed by atoms with Crippen LogP contribution in [0.3, 0.4) is 0 Å². The molecule has 0 radical (unpaired) electrons. The summed E-state index contributed by atoms with van der Waals surface area (Å²) in [6, 6.07) is 5.52. The summed E-state index contributed by atoms with van der Waals surface area (Å²) in [5.41, 5.74) is 6.16. The minimum Gasteiger partial charge on any atom is -0.459 e. The topological polar surface area (TPSA) is 95.5 Å². The SMILES string of the molecule is CC(C)(C)OC(=O)C(N)CCc1ccc([N+](=O)[O-])cc1. The van der Waals surface area contributed by atoms with Crippen LogP contribution in [-0.4, -0.2) is 22.5 Å². The van der Waals surface area contributed by atoms with Crippen LogP contribution < -0.4 is 5.73 Å². The highest BCUT2D eigenvalue weighted by molar-refractivity contribution is 5.75. The van der Waals surface area contributed by atoms with E-state index >= 15 is 0 Å². The van der Waals surface area contributed by atoms with Gasteiger partial charge in [0.2, 0.25) is 0 Å². The van der Waals surface area contributed by atoms with Gasteiger partial charge in [0.1, 0.15) is 11.6 Å². The average Bonchev–Trinajstić information content (AvgIpc) is 2.34. The monoisotopic (exact) mass is 280 g/mol. The number of carbonyl (C=O) groups excluding carboxylic acids is 1. The van der Waals surface area contributed by atoms with Crippen LogP contribution in [0.5, 0.6) is 0 Å². The predicted octanol–water partition coefficient (Wildman–Crippen LogP) is 2.20. The van der Waals surface area contributed by atoms with E-state index in [9.17, 15) is 14.9 Å². The summed E-state index contributed by atoms with van der Waals surface area (Å²) in [7, 11) is 0. The van der Waals surface area contributed by atoms with E-state index in [2.05, 4.69) is 0 Å². The average molecular weight is 280 g/mol. The van der Waals surface area contributed by atoms with Crippen molar-refractivity contribution in [2.24, 2.45) is 5.73 Å². The van der Waals surface area contributed by atoms with Gasteiger partial charge in [-0.15, -0.1) is 0 Å². The molecule has 0 heterocycles. The number of carbonyl (C=O) groups is 1. The standard InChI is InChI=1S/C14H20N2O4/c1-14(2,3)20-13(17)12(15)9-6-10-4-7-11(8-5-10)16(18)19/h4-5,7-8,12H,6,9,15H2,1-3H3. The first kappa shape index (κ1) is 16.1. The third-order valence-corrected chi connectivity index (χ3v) is 2.60. The first-order valence-electron chi connectivity index (χ1n) is 6.41. The number of non-ortho nitro benzene ring substituents is 1. The van der Waals surface area contributed by atoms with Gasteiger partial charge in [0.25, 0.3) is 5.69 Å². The lowest BCUT2D eigenvalue weighted by atomic mass is 10.1. The lowest BCUT2D eigenvalue weighted by Crippen LogP contribution is -2.37. The van der Waals surface area contributed by atoms with Crippen LogP contribution in [0.25, 0.3) is 0 Å². The number of esters is 1. The first-order chi connectivity index (χ1) is 9.19. The molecule has 2 N–H and O–H groups in total. The van der Waals surface area contributed by atoms with Crippen LogP contribution in [-0.2, 0) is 16.0 Å². The van der Waals surface area contributed by atoms with Crippen LogP contribution in [0, 0.1) is 10.1 Å². The molecule has 0 aliphatic heterocycles. The summed E-state index contributed by atoms with van der Waals surface area (Å²) < 4.78 is 5.19. The number of nitro benzene ring substituents is 1. The van der Waals surface area contributed by atoms with Gasteiger partial charge in [-0.05, 0) is 39.2 Å². The molecule has 110 valence electrons. The molecule has 1 unspecified atom stereocenters. The van der Waals surface area contributed by atoms with Crippen molar-refractivity contribution in [2.75, 3.05) is 0 Å². The fourth-order valence-corrected chi connectivity index (χ4v) is 1.60. The predicted molar refractivity (Wildman–Crippen MR) is 75.2 cm³/mol. The highest BCUT2D eigenvalue weighted by Crippen LogP contribution is 2.14. The van der Waals surface area contributed by atoms with Gasteiger partial charge >= 0.3 is 5.97 Å². The van der Waals surface area contributed by atoms with E-state index in [1.54, 1.807) is 32.9 Å². The van der Waals surface area contributed by atoms with E-state index in [0.29, 0.717) is 12.8 Å². The number of hydrogen-bond donors (Lipinski definition) is 1. The van der Waals surface area contributed by atoms with Crippen molar-refractivity contribution in [3.63, 3.8) is 0 Å². The molecule has 0 saturated heterocycles. The highest BCUT2D eigenvalue weighted by Gasteiger charge is 2.21. The molecule has 1 rings (SSSR count). The summed E-state index contributed by atoms with van der Waals surface area (Å²) in [5, 5.41) is 10.5. The summed E-state index contributed by atoms with van der Waals surface area (Å²) in [4.78, 5) is 21.8. The minimum absolute atomic E-state index is 0.0465. The second kappa shape index (κ2) is 6.47. The van der Waals surface area contributed by atoms with E-state index in [0.717, 1.165) is 5.56 Å². The van der Waals surface area contributed by atoms with Crippen molar-refractivity contribution >= 4 is 11.7 Å². The smallest absolute Gasteiger partial charge is 0.323 e. The largest absolute Gasteiger partial charge is 0.459 e. The Morgan fingerprint density at radius 3 is 2.35 bits per heavy atom. The van der Waals surface area contributed by atoms with Crippen LogP contribution in [0.4, 0.5) is 5.69 Å². The Balaban J connectivity index is 2.50. The summed E-state index contributed by atoms with van der Waals surface area (Å²) in [6.07, 6.45) is 1.01. The molecule has 1 aromatic carbocycles. The number of hydrogen-bond acceptors (Lipinski definition) is 5. The molecule has 20 heavy (non-hydrogen) atoms. The number of aryl methyl sites for hydroxylation is 1. The van der Waals surface area contributed by atoms with Gasteiger partial charge in [0.15, 0.2) is 0 Å². The van der Waals surface area contributed by atoms with Gasteiger partial charge in [0, 0.05) is 12.1 Å².